The van der Waals surface area contributed by atoms with Gasteiger partial charge in [0.25, 0.3) is 0 Å². The highest BCUT2D eigenvalue weighted by molar-refractivity contribution is 5.83. The van der Waals surface area contributed by atoms with E-state index in [4.69, 9.17) is 4.74 Å². The van der Waals surface area contributed by atoms with Crippen molar-refractivity contribution in [1.29, 1.82) is 0 Å². The molecule has 0 saturated heterocycles. The number of aromatic nitrogens is 4. The lowest BCUT2D eigenvalue weighted by Crippen LogP contribution is -2.10. The third kappa shape index (κ3) is 2.96. The van der Waals surface area contributed by atoms with Gasteiger partial charge in [0.1, 0.15) is 17.9 Å². The average molecular weight is 405 g/mol. The molecule has 0 aliphatic carbocycles. The van der Waals surface area contributed by atoms with Crippen LogP contribution in [0.2, 0.25) is 0 Å². The third-order valence-corrected chi connectivity index (χ3v) is 5.45. The van der Waals surface area contributed by atoms with E-state index in [9.17, 15) is 9.50 Å². The summed E-state index contributed by atoms with van der Waals surface area (Å²) in [5, 5.41) is 13.0. The molecule has 4 heterocycles. The number of imidazole rings is 1. The number of ether oxygens (including phenoxy) is 1. The second-order valence-corrected chi connectivity index (χ2v) is 7.15. The summed E-state index contributed by atoms with van der Waals surface area (Å²) in [7, 11) is 0. The number of aliphatic hydroxyl groups is 1. The number of nitrogens with zero attached hydrogens (tertiary/aromatic N) is 4. The van der Waals surface area contributed by atoms with Crippen LogP contribution in [0.15, 0.2) is 43.0 Å². The lowest BCUT2D eigenvalue weighted by atomic mass is 10.0. The van der Waals surface area contributed by atoms with Crippen molar-refractivity contribution < 1.29 is 14.2 Å². The molecule has 1 aliphatic heterocycles. The third-order valence-electron chi connectivity index (χ3n) is 5.45. The van der Waals surface area contributed by atoms with Gasteiger partial charge >= 0.3 is 0 Å². The molecule has 0 radical (unpaired) electrons. The fraction of sp³-hybridized carbons (Fsp3) is 0.227. The van der Waals surface area contributed by atoms with Crippen LogP contribution >= 0.6 is 0 Å². The lowest BCUT2D eigenvalue weighted by molar-refractivity contribution is 0.279. The van der Waals surface area contributed by atoms with Crippen molar-refractivity contribution in [3.05, 3.63) is 71.3 Å². The molecule has 1 aromatic carbocycles. The summed E-state index contributed by atoms with van der Waals surface area (Å²) in [6, 6.07) is 6.93. The van der Waals surface area contributed by atoms with Crippen LogP contribution < -0.4 is 10.1 Å². The van der Waals surface area contributed by atoms with Crippen LogP contribution in [-0.4, -0.2) is 31.1 Å². The number of pyridine rings is 1. The molecule has 7 nitrogen and oxygen atoms in total. The zero-order valence-electron chi connectivity index (χ0n) is 16.4. The molecule has 5 rings (SSSR count). The SMILES string of the molecule is Cc1ncccc1-c1cnc(NCc2c(F)ccc3c2CCO3)n2cnc(CO)c12. The predicted octanol–water partition coefficient (Wildman–Crippen LogP) is 3.28. The van der Waals surface area contributed by atoms with E-state index in [1.54, 1.807) is 29.2 Å². The molecule has 0 amide bonds. The zero-order chi connectivity index (χ0) is 20.7. The Labute approximate surface area is 172 Å². The van der Waals surface area contributed by atoms with Crippen molar-refractivity contribution in [2.45, 2.75) is 26.5 Å². The largest absolute Gasteiger partial charge is 0.493 e. The van der Waals surface area contributed by atoms with E-state index in [1.165, 1.54) is 6.07 Å². The second kappa shape index (κ2) is 7.38. The minimum Gasteiger partial charge on any atom is -0.493 e. The highest BCUT2D eigenvalue weighted by Gasteiger charge is 2.20. The highest BCUT2D eigenvalue weighted by atomic mass is 19.1. The Morgan fingerprint density at radius 3 is 2.93 bits per heavy atom. The first kappa shape index (κ1) is 18.5. The number of anilines is 1. The van der Waals surface area contributed by atoms with Gasteiger partial charge in [-0.1, -0.05) is 6.07 Å². The molecule has 0 spiro atoms. The number of nitrogens with one attached hydrogen (secondary N) is 1. The molecule has 0 unspecified atom stereocenters. The van der Waals surface area contributed by atoms with E-state index in [0.717, 1.165) is 33.7 Å². The number of aryl methyl sites for hydroxylation is 1. The summed E-state index contributed by atoms with van der Waals surface area (Å²) < 4.78 is 21.8. The Morgan fingerprint density at radius 1 is 1.20 bits per heavy atom. The fourth-order valence-corrected chi connectivity index (χ4v) is 3.97. The van der Waals surface area contributed by atoms with Gasteiger partial charge in [-0.25, -0.2) is 14.4 Å². The van der Waals surface area contributed by atoms with E-state index < -0.39 is 0 Å². The molecule has 152 valence electrons. The molecule has 2 N–H and O–H groups in total. The van der Waals surface area contributed by atoms with E-state index in [-0.39, 0.29) is 19.0 Å². The van der Waals surface area contributed by atoms with Gasteiger partial charge in [-0.3, -0.25) is 9.38 Å². The Balaban J connectivity index is 1.56. The number of benzene rings is 1. The van der Waals surface area contributed by atoms with Crippen LogP contribution in [0.5, 0.6) is 5.75 Å². The van der Waals surface area contributed by atoms with Crippen molar-refractivity contribution in [2.24, 2.45) is 0 Å². The van der Waals surface area contributed by atoms with E-state index >= 15 is 0 Å². The summed E-state index contributed by atoms with van der Waals surface area (Å²) in [5.41, 5.74) is 5.35. The standard InChI is InChI=1S/C22H20FN5O2/c1-13-14(3-2-7-24-13)17-10-26-22(28-12-27-19(11-29)21(17)28)25-9-16-15-6-8-30-20(15)5-4-18(16)23/h2-5,7,10,12,29H,6,8-9,11H2,1H3,(H,25,26). The number of rotatable bonds is 5. The van der Waals surface area contributed by atoms with Crippen molar-refractivity contribution in [3.63, 3.8) is 0 Å². The maximum Gasteiger partial charge on any atom is 0.208 e. The molecular weight excluding hydrogens is 385 g/mol. The smallest absolute Gasteiger partial charge is 0.208 e. The average Bonchev–Trinajstić information content (AvgIpc) is 3.41. The van der Waals surface area contributed by atoms with E-state index in [1.807, 2.05) is 19.1 Å². The van der Waals surface area contributed by atoms with E-state index in [0.29, 0.717) is 30.2 Å². The minimum absolute atomic E-state index is 0.204. The quantitative estimate of drug-likeness (QED) is 0.530. The predicted molar refractivity (Wildman–Crippen MR) is 110 cm³/mol. The van der Waals surface area contributed by atoms with Crippen molar-refractivity contribution in [1.82, 2.24) is 19.4 Å². The van der Waals surface area contributed by atoms with Gasteiger partial charge in [0.2, 0.25) is 5.95 Å². The Hall–Kier alpha value is -3.52. The van der Waals surface area contributed by atoms with Crippen molar-refractivity contribution in [2.75, 3.05) is 11.9 Å². The van der Waals surface area contributed by atoms with Gasteiger partial charge in [0.15, 0.2) is 0 Å². The number of aliphatic hydroxyl groups excluding tert-OH is 1. The molecule has 1 aliphatic rings. The van der Waals surface area contributed by atoms with Crippen LogP contribution in [0, 0.1) is 12.7 Å². The Bertz CT molecular complexity index is 1250. The molecular formula is C22H20FN5O2. The number of fused-ring (bicyclic) bond motifs is 2. The normalized spacial score (nSPS) is 12.8. The van der Waals surface area contributed by atoms with Crippen molar-refractivity contribution in [3.8, 4) is 16.9 Å². The summed E-state index contributed by atoms with van der Waals surface area (Å²) in [5.74, 6) is 0.976. The lowest BCUT2D eigenvalue weighted by Gasteiger charge is -2.14. The molecule has 3 aromatic heterocycles. The molecule has 0 saturated carbocycles. The van der Waals surface area contributed by atoms with Crippen LogP contribution in [0.3, 0.4) is 0 Å². The molecule has 8 heteroatoms. The van der Waals surface area contributed by atoms with Crippen molar-refractivity contribution >= 4 is 11.5 Å². The Morgan fingerprint density at radius 2 is 2.10 bits per heavy atom. The number of hydrogen-bond acceptors (Lipinski definition) is 6. The fourth-order valence-electron chi connectivity index (χ4n) is 3.97. The summed E-state index contributed by atoms with van der Waals surface area (Å²) in [4.78, 5) is 13.3. The first-order chi connectivity index (χ1) is 14.7. The molecule has 0 fully saturated rings. The van der Waals surface area contributed by atoms with Gasteiger partial charge in [-0.15, -0.1) is 0 Å². The first-order valence-electron chi connectivity index (χ1n) is 9.72. The van der Waals surface area contributed by atoms with Gasteiger partial charge in [-0.05, 0) is 25.1 Å². The summed E-state index contributed by atoms with van der Waals surface area (Å²) >= 11 is 0. The summed E-state index contributed by atoms with van der Waals surface area (Å²) in [6.07, 6.45) is 5.77. The summed E-state index contributed by atoms with van der Waals surface area (Å²) in [6.45, 7) is 2.55. The first-order valence-corrected chi connectivity index (χ1v) is 9.72. The van der Waals surface area contributed by atoms with Crippen LogP contribution in [0.4, 0.5) is 10.3 Å². The van der Waals surface area contributed by atoms with Gasteiger partial charge in [0.05, 0.1) is 24.4 Å². The maximum absolute atomic E-state index is 14.5. The molecule has 30 heavy (non-hydrogen) atoms. The van der Waals surface area contributed by atoms with Crippen LogP contribution in [0.1, 0.15) is 22.5 Å². The topological polar surface area (TPSA) is 84.6 Å². The molecule has 4 aromatic rings. The van der Waals surface area contributed by atoms with Crippen LogP contribution in [0.25, 0.3) is 16.6 Å². The number of hydrogen-bond donors (Lipinski definition) is 2. The van der Waals surface area contributed by atoms with Gasteiger partial charge < -0.3 is 15.2 Å². The molecule has 0 bridgehead atoms. The monoisotopic (exact) mass is 405 g/mol. The van der Waals surface area contributed by atoms with Gasteiger partial charge in [-0.2, -0.15) is 0 Å². The van der Waals surface area contributed by atoms with Gasteiger partial charge in [0, 0.05) is 53.3 Å². The maximum atomic E-state index is 14.5. The minimum atomic E-state index is -0.271. The number of halogens is 1. The zero-order valence-corrected chi connectivity index (χ0v) is 16.4. The molecule has 0 atom stereocenters. The van der Waals surface area contributed by atoms with E-state index in [2.05, 4.69) is 20.3 Å². The van der Waals surface area contributed by atoms with Crippen LogP contribution in [-0.2, 0) is 19.6 Å². The second-order valence-electron chi connectivity index (χ2n) is 7.15. The highest BCUT2D eigenvalue weighted by Crippen LogP contribution is 2.32. The Kier molecular flexibility index (Phi) is 4.55.